The number of ether oxygens (including phenoxy) is 1. The smallest absolute Gasteiger partial charge is 0.303 e. The minimum Gasteiger partial charge on any atom is -0.504 e. The van der Waals surface area contributed by atoms with Gasteiger partial charge in [0.25, 0.3) is 5.91 Å². The fourth-order valence-corrected chi connectivity index (χ4v) is 3.34. The molecule has 1 aromatic carbocycles. The molecular weight excluding hydrogens is 338 g/mol. The van der Waals surface area contributed by atoms with Crippen molar-refractivity contribution in [2.45, 2.75) is 12.8 Å². The van der Waals surface area contributed by atoms with E-state index < -0.39 is 5.97 Å². The number of aromatic hydroxyl groups is 1. The second-order valence-electron chi connectivity index (χ2n) is 4.73. The molecule has 0 atom stereocenters. The third kappa shape index (κ3) is 4.02. The summed E-state index contributed by atoms with van der Waals surface area (Å²) in [4.78, 5) is 24.7. The van der Waals surface area contributed by atoms with Crippen LogP contribution in [-0.2, 0) is 9.59 Å². The number of thiocarbonyl (C=S) groups is 1. The zero-order valence-electron chi connectivity index (χ0n) is 12.3. The van der Waals surface area contributed by atoms with Crippen molar-refractivity contribution in [3.63, 3.8) is 0 Å². The van der Waals surface area contributed by atoms with E-state index in [2.05, 4.69) is 0 Å². The Balaban J connectivity index is 2.17. The molecule has 2 rings (SSSR count). The Morgan fingerprint density at radius 3 is 2.87 bits per heavy atom. The number of thioether (sulfide) groups is 1. The van der Waals surface area contributed by atoms with Crippen LogP contribution in [0.3, 0.4) is 0 Å². The summed E-state index contributed by atoms with van der Waals surface area (Å²) in [5.41, 5.74) is 0.454. The first-order valence-corrected chi connectivity index (χ1v) is 7.99. The molecule has 0 spiro atoms. The quantitative estimate of drug-likeness (QED) is 0.600. The van der Waals surface area contributed by atoms with Crippen molar-refractivity contribution in [3.8, 4) is 11.5 Å². The Hall–Kier alpha value is -2.06. The number of phenolic OH excluding ortho intramolecular Hbond substituents is 1. The number of carboxylic acid groups (broad SMARTS) is 1. The molecular formula is C15H15NO5S2. The van der Waals surface area contributed by atoms with Gasteiger partial charge < -0.3 is 14.9 Å². The Bertz CT molecular complexity index is 686. The van der Waals surface area contributed by atoms with E-state index in [9.17, 15) is 14.7 Å². The molecule has 1 fully saturated rings. The lowest BCUT2D eigenvalue weighted by Gasteiger charge is -2.13. The zero-order chi connectivity index (χ0) is 17.0. The highest BCUT2D eigenvalue weighted by molar-refractivity contribution is 8.26. The lowest BCUT2D eigenvalue weighted by Crippen LogP contribution is -2.29. The number of rotatable bonds is 6. The minimum atomic E-state index is -0.910. The normalized spacial score (nSPS) is 16.2. The molecule has 0 aromatic heterocycles. The van der Waals surface area contributed by atoms with Gasteiger partial charge in [0.05, 0.1) is 12.0 Å². The standard InChI is InChI=1S/C15H15NO5S2/c1-21-10-5-2-4-9(13(10)19)8-11-14(20)16(15(22)23-11)7-3-6-12(17)18/h2,4-5,8,19H,3,6-7H2,1H3,(H,17,18)/b11-8-. The molecule has 8 heteroatoms. The molecule has 0 aliphatic carbocycles. The summed E-state index contributed by atoms with van der Waals surface area (Å²) in [6.07, 6.45) is 1.86. The van der Waals surface area contributed by atoms with E-state index in [4.69, 9.17) is 22.1 Å². The maximum Gasteiger partial charge on any atom is 0.303 e. The van der Waals surface area contributed by atoms with Gasteiger partial charge in [-0.3, -0.25) is 14.5 Å². The predicted molar refractivity (Wildman–Crippen MR) is 91.4 cm³/mol. The van der Waals surface area contributed by atoms with Gasteiger partial charge in [-0.2, -0.15) is 0 Å². The van der Waals surface area contributed by atoms with E-state index in [1.54, 1.807) is 24.3 Å². The van der Waals surface area contributed by atoms with Gasteiger partial charge in [-0.1, -0.05) is 36.1 Å². The van der Waals surface area contributed by atoms with Gasteiger partial charge in [0.2, 0.25) is 0 Å². The highest BCUT2D eigenvalue weighted by atomic mass is 32.2. The Kier molecular flexibility index (Phi) is 5.62. The number of aliphatic carboxylic acids is 1. The van der Waals surface area contributed by atoms with Crippen LogP contribution in [0.5, 0.6) is 11.5 Å². The van der Waals surface area contributed by atoms with Gasteiger partial charge in [-0.05, 0) is 18.6 Å². The van der Waals surface area contributed by atoms with Gasteiger partial charge in [-0.25, -0.2) is 0 Å². The van der Waals surface area contributed by atoms with Crippen molar-refractivity contribution in [1.29, 1.82) is 0 Å². The van der Waals surface area contributed by atoms with Gasteiger partial charge >= 0.3 is 5.97 Å². The highest BCUT2D eigenvalue weighted by Crippen LogP contribution is 2.36. The van der Waals surface area contributed by atoms with E-state index >= 15 is 0 Å². The highest BCUT2D eigenvalue weighted by Gasteiger charge is 2.31. The molecule has 6 nitrogen and oxygen atoms in total. The molecule has 0 saturated carbocycles. The van der Waals surface area contributed by atoms with Gasteiger partial charge in [-0.15, -0.1) is 0 Å². The number of hydrogen-bond donors (Lipinski definition) is 2. The van der Waals surface area contributed by atoms with Crippen molar-refractivity contribution in [3.05, 3.63) is 28.7 Å². The van der Waals surface area contributed by atoms with Gasteiger partial charge in [0, 0.05) is 18.5 Å². The number of hydrogen-bond acceptors (Lipinski definition) is 6. The maximum atomic E-state index is 12.4. The number of benzene rings is 1. The number of nitrogens with zero attached hydrogens (tertiary/aromatic N) is 1. The Morgan fingerprint density at radius 1 is 1.48 bits per heavy atom. The summed E-state index contributed by atoms with van der Waals surface area (Å²) in [6, 6.07) is 4.98. The number of carbonyl (C=O) groups is 2. The van der Waals surface area contributed by atoms with Crippen molar-refractivity contribution < 1.29 is 24.5 Å². The first-order chi connectivity index (χ1) is 10.9. The monoisotopic (exact) mass is 353 g/mol. The first-order valence-electron chi connectivity index (χ1n) is 6.77. The fourth-order valence-electron chi connectivity index (χ4n) is 2.04. The van der Waals surface area contributed by atoms with Crippen LogP contribution in [0.1, 0.15) is 18.4 Å². The number of phenols is 1. The largest absolute Gasteiger partial charge is 0.504 e. The molecule has 1 amide bonds. The molecule has 1 aliphatic rings. The molecule has 1 heterocycles. The van der Waals surface area contributed by atoms with E-state index in [0.717, 1.165) is 11.8 Å². The molecule has 2 N–H and O–H groups in total. The molecule has 0 bridgehead atoms. The van der Waals surface area contributed by atoms with Crippen molar-refractivity contribution in [2.24, 2.45) is 0 Å². The number of amides is 1. The van der Waals surface area contributed by atoms with Crippen molar-refractivity contribution in [1.82, 2.24) is 4.90 Å². The summed E-state index contributed by atoms with van der Waals surface area (Å²) in [7, 11) is 1.45. The fraction of sp³-hybridized carbons (Fsp3) is 0.267. The second-order valence-corrected chi connectivity index (χ2v) is 6.40. The van der Waals surface area contributed by atoms with E-state index in [1.165, 1.54) is 12.0 Å². The molecule has 1 aromatic rings. The number of carbonyl (C=O) groups excluding carboxylic acids is 1. The van der Waals surface area contributed by atoms with Crippen LogP contribution < -0.4 is 4.74 Å². The summed E-state index contributed by atoms with van der Waals surface area (Å²) in [5, 5.41) is 18.7. The summed E-state index contributed by atoms with van der Waals surface area (Å²) >= 11 is 6.29. The van der Waals surface area contributed by atoms with Crippen LogP contribution in [0.2, 0.25) is 0 Å². The number of methoxy groups -OCH3 is 1. The van der Waals surface area contributed by atoms with E-state index in [0.29, 0.717) is 27.0 Å². The van der Waals surface area contributed by atoms with E-state index in [-0.39, 0.29) is 24.6 Å². The van der Waals surface area contributed by atoms with E-state index in [1.807, 2.05) is 0 Å². The number of para-hydroxylation sites is 1. The lowest BCUT2D eigenvalue weighted by molar-refractivity contribution is -0.137. The second kappa shape index (κ2) is 7.47. The summed E-state index contributed by atoms with van der Waals surface area (Å²) in [6.45, 7) is 0.262. The third-order valence-electron chi connectivity index (χ3n) is 3.18. The van der Waals surface area contributed by atoms with Crippen LogP contribution in [0.15, 0.2) is 23.1 Å². The maximum absolute atomic E-state index is 12.4. The first kappa shape index (κ1) is 17.3. The van der Waals surface area contributed by atoms with Gasteiger partial charge in [0.1, 0.15) is 4.32 Å². The Morgan fingerprint density at radius 2 is 2.22 bits per heavy atom. The van der Waals surface area contributed by atoms with Crippen LogP contribution in [0.25, 0.3) is 6.08 Å². The van der Waals surface area contributed by atoms with Gasteiger partial charge in [0.15, 0.2) is 11.5 Å². The summed E-state index contributed by atoms with van der Waals surface area (Å²) in [5.74, 6) is -0.929. The van der Waals surface area contributed by atoms with Crippen LogP contribution in [0.4, 0.5) is 0 Å². The topological polar surface area (TPSA) is 87.1 Å². The number of carboxylic acids is 1. The average Bonchev–Trinajstić information content (AvgIpc) is 2.76. The molecule has 1 saturated heterocycles. The van der Waals surface area contributed by atoms with Crippen LogP contribution in [-0.4, -0.2) is 45.0 Å². The predicted octanol–water partition coefficient (Wildman–Crippen LogP) is 2.47. The Labute approximate surface area is 142 Å². The average molecular weight is 353 g/mol. The molecule has 1 aliphatic heterocycles. The van der Waals surface area contributed by atoms with Crippen molar-refractivity contribution >= 4 is 46.3 Å². The molecule has 0 unspecified atom stereocenters. The SMILES string of the molecule is COc1cccc(/C=C2\SC(=S)N(CCCC(=O)O)C2=O)c1O. The van der Waals surface area contributed by atoms with Crippen LogP contribution >= 0.6 is 24.0 Å². The minimum absolute atomic E-state index is 0.0211. The third-order valence-corrected chi connectivity index (χ3v) is 4.56. The van der Waals surface area contributed by atoms with Crippen LogP contribution in [0, 0.1) is 0 Å². The molecule has 0 radical (unpaired) electrons. The zero-order valence-corrected chi connectivity index (χ0v) is 13.9. The summed E-state index contributed by atoms with van der Waals surface area (Å²) < 4.78 is 5.42. The van der Waals surface area contributed by atoms with Crippen molar-refractivity contribution in [2.75, 3.05) is 13.7 Å². The molecule has 23 heavy (non-hydrogen) atoms. The molecule has 122 valence electrons. The lowest BCUT2D eigenvalue weighted by atomic mass is 10.1.